The highest BCUT2D eigenvalue weighted by atomic mass is 32.2. The lowest BCUT2D eigenvalue weighted by Crippen LogP contribution is -1.99. The van der Waals surface area contributed by atoms with E-state index < -0.39 is 22.2 Å². The maximum Gasteiger partial charge on any atom is 0.188 e. The highest BCUT2D eigenvalue weighted by molar-refractivity contribution is 7.82. The van der Waals surface area contributed by atoms with Crippen molar-refractivity contribution in [2.24, 2.45) is 0 Å². The van der Waals surface area contributed by atoms with Crippen LogP contribution in [0.2, 0.25) is 0 Å². The summed E-state index contributed by atoms with van der Waals surface area (Å²) in [5, 5.41) is 1.28. The molecule has 0 aliphatic rings. The van der Waals surface area contributed by atoms with Crippen LogP contribution in [-0.4, -0.2) is 17.5 Å². The Hall–Kier alpha value is -1.08. The predicted molar refractivity (Wildman–Crippen MR) is 62.0 cm³/mol. The number of fused-ring (bicyclic) bond motifs is 1. The van der Waals surface area contributed by atoms with Gasteiger partial charge in [-0.05, 0) is 11.5 Å². The summed E-state index contributed by atoms with van der Waals surface area (Å²) in [6.07, 6.45) is 0. The predicted octanol–water partition coefficient (Wildman–Crippen LogP) is 2.00. The van der Waals surface area contributed by atoms with Crippen molar-refractivity contribution in [1.82, 2.24) is 0 Å². The third-order valence-corrected chi connectivity index (χ3v) is 3.84. The van der Waals surface area contributed by atoms with Crippen molar-refractivity contribution >= 4 is 32.9 Å². The quantitative estimate of drug-likeness (QED) is 0.806. The van der Waals surface area contributed by atoms with E-state index in [0.717, 1.165) is 5.39 Å². The topological polar surface area (TPSA) is 74.6 Å². The van der Waals surface area contributed by atoms with E-state index in [9.17, 15) is 13.0 Å². The third-order valence-electron chi connectivity index (χ3n) is 2.21. The summed E-state index contributed by atoms with van der Waals surface area (Å²) in [6.45, 7) is 0. The fraction of sp³-hybridized carbons (Fsp3) is 0. The molecule has 0 aliphatic carbocycles. The average Bonchev–Trinajstić information content (AvgIpc) is 2.27. The Kier molecular flexibility index (Phi) is 3.15. The standard InChI is InChI=1S/C10H8O4S2/c11-15(12)9-6-5-7-3-1-2-4-8(7)10(9)16(13)14/h1-6H,(H,11,12)(H,13,14). The van der Waals surface area contributed by atoms with Gasteiger partial charge in [-0.15, -0.1) is 0 Å². The van der Waals surface area contributed by atoms with Gasteiger partial charge in [-0.3, -0.25) is 0 Å². The first-order valence-corrected chi connectivity index (χ1v) is 6.56. The number of hydrogen-bond acceptors (Lipinski definition) is 2. The minimum Gasteiger partial charge on any atom is -0.302 e. The van der Waals surface area contributed by atoms with E-state index in [0.29, 0.717) is 5.39 Å². The summed E-state index contributed by atoms with van der Waals surface area (Å²) in [5.41, 5.74) is 0. The van der Waals surface area contributed by atoms with Gasteiger partial charge in [-0.2, -0.15) is 0 Å². The van der Waals surface area contributed by atoms with Crippen LogP contribution in [0, 0.1) is 0 Å². The Labute approximate surface area is 96.9 Å². The summed E-state index contributed by atoms with van der Waals surface area (Å²) in [5.74, 6) is 0. The molecule has 0 saturated heterocycles. The molecule has 6 heteroatoms. The van der Waals surface area contributed by atoms with Crippen LogP contribution in [0.3, 0.4) is 0 Å². The molecule has 0 aromatic heterocycles. The van der Waals surface area contributed by atoms with E-state index >= 15 is 0 Å². The molecule has 0 radical (unpaired) electrons. The normalized spacial score (nSPS) is 14.9. The number of benzene rings is 2. The van der Waals surface area contributed by atoms with Crippen LogP contribution in [0.25, 0.3) is 10.8 Å². The second-order valence-corrected chi connectivity index (χ2v) is 4.96. The van der Waals surface area contributed by atoms with Crippen LogP contribution in [0.5, 0.6) is 0 Å². The van der Waals surface area contributed by atoms with Crippen LogP contribution < -0.4 is 0 Å². The van der Waals surface area contributed by atoms with E-state index in [-0.39, 0.29) is 9.79 Å². The molecule has 0 fully saturated rings. The lowest BCUT2D eigenvalue weighted by molar-refractivity contribution is 0.551. The van der Waals surface area contributed by atoms with Crippen molar-refractivity contribution in [1.29, 1.82) is 0 Å². The van der Waals surface area contributed by atoms with Crippen LogP contribution in [0.4, 0.5) is 0 Å². The Morgan fingerprint density at radius 1 is 0.875 bits per heavy atom. The van der Waals surface area contributed by atoms with Crippen molar-refractivity contribution < 1.29 is 17.5 Å². The number of rotatable bonds is 2. The van der Waals surface area contributed by atoms with Gasteiger partial charge in [0.05, 0.1) is 9.79 Å². The molecule has 0 saturated carbocycles. The molecule has 2 atom stereocenters. The first-order valence-electron chi connectivity index (χ1n) is 4.34. The average molecular weight is 256 g/mol. The molecule has 2 N–H and O–H groups in total. The minimum absolute atomic E-state index is 0.000988. The zero-order valence-electron chi connectivity index (χ0n) is 7.99. The first-order chi connectivity index (χ1) is 7.61. The van der Waals surface area contributed by atoms with E-state index in [1.165, 1.54) is 6.07 Å². The second kappa shape index (κ2) is 4.42. The van der Waals surface area contributed by atoms with Crippen molar-refractivity contribution in [2.75, 3.05) is 0 Å². The van der Waals surface area contributed by atoms with Gasteiger partial charge in [0.1, 0.15) is 0 Å². The minimum atomic E-state index is -2.29. The van der Waals surface area contributed by atoms with Gasteiger partial charge in [0.2, 0.25) is 0 Å². The number of hydrogen-bond donors (Lipinski definition) is 2. The molecule has 16 heavy (non-hydrogen) atoms. The SMILES string of the molecule is O=S(O)c1ccc2ccccc2c1S(=O)O. The van der Waals surface area contributed by atoms with E-state index in [4.69, 9.17) is 4.55 Å². The molecule has 0 amide bonds. The molecular weight excluding hydrogens is 248 g/mol. The van der Waals surface area contributed by atoms with Gasteiger partial charge >= 0.3 is 0 Å². The molecule has 0 bridgehead atoms. The Morgan fingerprint density at radius 2 is 1.56 bits per heavy atom. The molecule has 2 aromatic carbocycles. The van der Waals surface area contributed by atoms with Crippen LogP contribution in [-0.2, 0) is 22.2 Å². The molecular formula is C10H8O4S2. The van der Waals surface area contributed by atoms with Gasteiger partial charge in [0, 0.05) is 5.39 Å². The third kappa shape index (κ3) is 1.92. The molecule has 2 rings (SSSR count). The summed E-state index contributed by atoms with van der Waals surface area (Å²) >= 11 is -4.56. The monoisotopic (exact) mass is 256 g/mol. The van der Waals surface area contributed by atoms with Crippen LogP contribution in [0.1, 0.15) is 0 Å². The van der Waals surface area contributed by atoms with E-state index in [1.807, 2.05) is 0 Å². The van der Waals surface area contributed by atoms with Gasteiger partial charge in [0.25, 0.3) is 0 Å². The summed E-state index contributed by atoms with van der Waals surface area (Å²) in [7, 11) is 0. The summed E-state index contributed by atoms with van der Waals surface area (Å²) < 4.78 is 40.5. The maximum absolute atomic E-state index is 11.2. The lowest BCUT2D eigenvalue weighted by Gasteiger charge is -2.06. The van der Waals surface area contributed by atoms with Crippen LogP contribution >= 0.6 is 0 Å². The largest absolute Gasteiger partial charge is 0.302 e. The zero-order chi connectivity index (χ0) is 11.7. The fourth-order valence-corrected chi connectivity index (χ4v) is 3.04. The van der Waals surface area contributed by atoms with Crippen molar-refractivity contribution in [2.45, 2.75) is 9.79 Å². The highest BCUT2D eigenvalue weighted by Gasteiger charge is 2.15. The van der Waals surface area contributed by atoms with Gasteiger partial charge in [0.15, 0.2) is 22.2 Å². The van der Waals surface area contributed by atoms with Crippen LogP contribution in [0.15, 0.2) is 46.2 Å². The molecule has 2 aromatic rings. The Balaban J connectivity index is 2.90. The summed E-state index contributed by atoms with van der Waals surface area (Å²) in [6, 6.07) is 9.96. The summed E-state index contributed by atoms with van der Waals surface area (Å²) in [4.78, 5) is -0.0292. The maximum atomic E-state index is 11.2. The smallest absolute Gasteiger partial charge is 0.188 e. The second-order valence-electron chi connectivity index (χ2n) is 3.11. The molecule has 2 unspecified atom stereocenters. The lowest BCUT2D eigenvalue weighted by atomic mass is 10.1. The molecule has 0 heterocycles. The Morgan fingerprint density at radius 3 is 2.19 bits per heavy atom. The van der Waals surface area contributed by atoms with Gasteiger partial charge in [-0.25, -0.2) is 8.42 Å². The van der Waals surface area contributed by atoms with Crippen molar-refractivity contribution in [3.63, 3.8) is 0 Å². The molecule has 0 spiro atoms. The zero-order valence-corrected chi connectivity index (χ0v) is 9.62. The van der Waals surface area contributed by atoms with E-state index in [1.54, 1.807) is 30.3 Å². The van der Waals surface area contributed by atoms with E-state index in [2.05, 4.69) is 0 Å². The molecule has 0 aliphatic heterocycles. The first kappa shape index (κ1) is 11.4. The highest BCUT2D eigenvalue weighted by Crippen LogP contribution is 2.26. The van der Waals surface area contributed by atoms with Crippen molar-refractivity contribution in [3.05, 3.63) is 36.4 Å². The molecule has 4 nitrogen and oxygen atoms in total. The fourth-order valence-electron chi connectivity index (χ4n) is 1.54. The van der Waals surface area contributed by atoms with Gasteiger partial charge in [-0.1, -0.05) is 30.3 Å². The molecule has 84 valence electrons. The van der Waals surface area contributed by atoms with Gasteiger partial charge < -0.3 is 9.11 Å². The van der Waals surface area contributed by atoms with Crippen molar-refractivity contribution in [3.8, 4) is 0 Å². The Bertz CT molecular complexity index is 594.